The van der Waals surface area contributed by atoms with E-state index in [1.165, 1.54) is 11.1 Å². The number of hydrogen-bond acceptors (Lipinski definition) is 3. The van der Waals surface area contributed by atoms with Gasteiger partial charge in [0.05, 0.1) is 12.3 Å². The molecule has 90 valence electrons. The van der Waals surface area contributed by atoms with Crippen LogP contribution in [0.2, 0.25) is 0 Å². The smallest absolute Gasteiger partial charge is 0.0980 e. The molecule has 1 aliphatic heterocycles. The summed E-state index contributed by atoms with van der Waals surface area (Å²) in [5.74, 6) is 0. The van der Waals surface area contributed by atoms with Crippen LogP contribution < -0.4 is 5.73 Å². The Morgan fingerprint density at radius 2 is 1.94 bits per heavy atom. The van der Waals surface area contributed by atoms with E-state index >= 15 is 0 Å². The van der Waals surface area contributed by atoms with E-state index in [4.69, 9.17) is 5.73 Å². The Hall–Kier alpha value is -2.29. The molecule has 18 heavy (non-hydrogen) atoms. The van der Waals surface area contributed by atoms with Gasteiger partial charge in [-0.1, -0.05) is 36.4 Å². The summed E-state index contributed by atoms with van der Waals surface area (Å²) in [6, 6.07) is 16.2. The van der Waals surface area contributed by atoms with E-state index in [2.05, 4.69) is 23.3 Å². The van der Waals surface area contributed by atoms with Gasteiger partial charge in [-0.2, -0.15) is 5.10 Å². The Bertz CT molecular complexity index is 617. The van der Waals surface area contributed by atoms with Crippen molar-refractivity contribution in [3.63, 3.8) is 0 Å². The Morgan fingerprint density at radius 1 is 1.11 bits per heavy atom. The van der Waals surface area contributed by atoms with Crippen molar-refractivity contribution in [1.29, 1.82) is 0 Å². The van der Waals surface area contributed by atoms with Crippen molar-refractivity contribution >= 4 is 11.4 Å². The van der Waals surface area contributed by atoms with Crippen molar-refractivity contribution in [2.45, 2.75) is 6.54 Å². The van der Waals surface area contributed by atoms with Crippen molar-refractivity contribution in [3.8, 4) is 0 Å². The van der Waals surface area contributed by atoms with Crippen LogP contribution in [0.15, 0.2) is 53.6 Å². The molecule has 1 heterocycles. The average molecular weight is 237 g/mol. The molecule has 3 rings (SSSR count). The molecule has 2 aromatic carbocycles. The third-order valence-corrected chi connectivity index (χ3v) is 3.10. The number of hydrazone groups is 1. The summed E-state index contributed by atoms with van der Waals surface area (Å²) in [5.41, 5.74) is 11.2. The first-order chi connectivity index (χ1) is 8.74. The number of anilines is 1. The minimum atomic E-state index is 0.765. The van der Waals surface area contributed by atoms with Crippen LogP contribution in [0.25, 0.3) is 0 Å². The van der Waals surface area contributed by atoms with Gasteiger partial charge in [0.15, 0.2) is 0 Å². The van der Waals surface area contributed by atoms with Gasteiger partial charge in [0, 0.05) is 23.9 Å². The molecular weight excluding hydrogens is 222 g/mol. The Labute approximate surface area is 107 Å². The van der Waals surface area contributed by atoms with Gasteiger partial charge in [-0.3, -0.25) is 5.01 Å². The fraction of sp³-hybridized carbons (Fsp3) is 0.133. The zero-order valence-electron chi connectivity index (χ0n) is 10.3. The predicted molar refractivity (Wildman–Crippen MR) is 74.4 cm³/mol. The highest BCUT2D eigenvalue weighted by molar-refractivity contribution is 6.14. The fourth-order valence-electron chi connectivity index (χ4n) is 2.29. The average Bonchev–Trinajstić information content (AvgIpc) is 2.37. The highest BCUT2D eigenvalue weighted by Gasteiger charge is 2.17. The first kappa shape index (κ1) is 10.8. The van der Waals surface area contributed by atoms with E-state index in [-0.39, 0.29) is 0 Å². The number of hydrogen-bond donors (Lipinski definition) is 1. The molecule has 0 bridgehead atoms. The van der Waals surface area contributed by atoms with Gasteiger partial charge >= 0.3 is 0 Å². The van der Waals surface area contributed by atoms with E-state index in [1.54, 1.807) is 0 Å². The maximum absolute atomic E-state index is 5.85. The van der Waals surface area contributed by atoms with Crippen LogP contribution in [-0.2, 0) is 6.54 Å². The molecule has 2 aromatic rings. The highest BCUT2D eigenvalue weighted by atomic mass is 15.4. The van der Waals surface area contributed by atoms with Crippen LogP contribution in [0, 0.1) is 0 Å². The number of nitrogen functional groups attached to an aromatic ring is 1. The standard InChI is InChI=1S/C15H15N3/c1-18-10-12-5-2-3-8-14(12)15(17-18)11-6-4-7-13(16)9-11/h2-9H,10,16H2,1H3. The van der Waals surface area contributed by atoms with Crippen molar-refractivity contribution in [1.82, 2.24) is 5.01 Å². The molecule has 0 fully saturated rings. The number of nitrogens with two attached hydrogens (primary N) is 1. The van der Waals surface area contributed by atoms with Gasteiger partial charge in [0.25, 0.3) is 0 Å². The molecule has 3 nitrogen and oxygen atoms in total. The lowest BCUT2D eigenvalue weighted by atomic mass is 9.96. The van der Waals surface area contributed by atoms with E-state index in [9.17, 15) is 0 Å². The molecule has 0 spiro atoms. The van der Waals surface area contributed by atoms with E-state index in [1.807, 2.05) is 42.4 Å². The minimum absolute atomic E-state index is 0.765. The van der Waals surface area contributed by atoms with Crippen molar-refractivity contribution in [2.24, 2.45) is 5.10 Å². The summed E-state index contributed by atoms with van der Waals surface area (Å²) < 4.78 is 0. The molecule has 0 saturated heterocycles. The van der Waals surface area contributed by atoms with E-state index in [0.29, 0.717) is 0 Å². The second kappa shape index (κ2) is 4.18. The zero-order chi connectivity index (χ0) is 12.5. The predicted octanol–water partition coefficient (Wildman–Crippen LogP) is 2.47. The normalized spacial score (nSPS) is 14.1. The molecule has 0 saturated carbocycles. The van der Waals surface area contributed by atoms with Crippen LogP contribution in [0.3, 0.4) is 0 Å². The van der Waals surface area contributed by atoms with Crippen molar-refractivity contribution in [3.05, 3.63) is 65.2 Å². The monoisotopic (exact) mass is 237 g/mol. The van der Waals surface area contributed by atoms with Crippen molar-refractivity contribution < 1.29 is 0 Å². The second-order valence-electron chi connectivity index (χ2n) is 4.55. The first-order valence-corrected chi connectivity index (χ1v) is 5.98. The third kappa shape index (κ3) is 1.84. The highest BCUT2D eigenvalue weighted by Crippen LogP contribution is 2.22. The maximum atomic E-state index is 5.85. The number of benzene rings is 2. The Morgan fingerprint density at radius 3 is 2.78 bits per heavy atom. The summed E-state index contributed by atoms with van der Waals surface area (Å²) in [6.07, 6.45) is 0. The second-order valence-corrected chi connectivity index (χ2v) is 4.55. The molecule has 2 N–H and O–H groups in total. The molecule has 0 unspecified atom stereocenters. The molecule has 0 aliphatic carbocycles. The van der Waals surface area contributed by atoms with Gasteiger partial charge in [-0.05, 0) is 17.7 Å². The van der Waals surface area contributed by atoms with Gasteiger partial charge < -0.3 is 5.73 Å². The molecular formula is C15H15N3. The molecule has 3 heteroatoms. The maximum Gasteiger partial charge on any atom is 0.0980 e. The summed E-state index contributed by atoms with van der Waals surface area (Å²) in [4.78, 5) is 0. The molecule has 0 radical (unpaired) electrons. The lowest BCUT2D eigenvalue weighted by molar-refractivity contribution is 0.341. The van der Waals surface area contributed by atoms with E-state index in [0.717, 1.165) is 23.5 Å². The van der Waals surface area contributed by atoms with E-state index < -0.39 is 0 Å². The number of rotatable bonds is 1. The molecule has 0 aromatic heterocycles. The lowest BCUT2D eigenvalue weighted by Gasteiger charge is -2.24. The summed E-state index contributed by atoms with van der Waals surface area (Å²) >= 11 is 0. The summed E-state index contributed by atoms with van der Waals surface area (Å²) in [5, 5.41) is 6.59. The van der Waals surface area contributed by atoms with Crippen LogP contribution in [0.5, 0.6) is 0 Å². The number of fused-ring (bicyclic) bond motifs is 1. The molecule has 0 atom stereocenters. The largest absolute Gasteiger partial charge is 0.399 e. The molecule has 1 aliphatic rings. The zero-order valence-corrected chi connectivity index (χ0v) is 10.3. The molecule has 0 amide bonds. The van der Waals surface area contributed by atoms with Gasteiger partial charge in [-0.15, -0.1) is 0 Å². The topological polar surface area (TPSA) is 41.6 Å². The summed E-state index contributed by atoms with van der Waals surface area (Å²) in [7, 11) is 1.99. The minimum Gasteiger partial charge on any atom is -0.399 e. The lowest BCUT2D eigenvalue weighted by Crippen LogP contribution is -2.23. The van der Waals surface area contributed by atoms with Crippen LogP contribution in [0.4, 0.5) is 5.69 Å². The quantitative estimate of drug-likeness (QED) is 0.774. The fourth-order valence-corrected chi connectivity index (χ4v) is 2.29. The Kier molecular flexibility index (Phi) is 2.52. The first-order valence-electron chi connectivity index (χ1n) is 5.98. The van der Waals surface area contributed by atoms with Gasteiger partial charge in [-0.25, -0.2) is 0 Å². The summed E-state index contributed by atoms with van der Waals surface area (Å²) in [6.45, 7) is 0.849. The van der Waals surface area contributed by atoms with Crippen molar-refractivity contribution in [2.75, 3.05) is 12.8 Å². The SMILES string of the molecule is CN1Cc2ccccc2C(c2cccc(N)c2)=N1. The number of nitrogens with zero attached hydrogens (tertiary/aromatic N) is 2. The van der Waals surface area contributed by atoms with Crippen LogP contribution in [-0.4, -0.2) is 17.8 Å². The van der Waals surface area contributed by atoms with Gasteiger partial charge in [0.2, 0.25) is 0 Å². The van der Waals surface area contributed by atoms with Crippen LogP contribution in [0.1, 0.15) is 16.7 Å². The Balaban J connectivity index is 2.16. The third-order valence-electron chi connectivity index (χ3n) is 3.10. The van der Waals surface area contributed by atoms with Crippen LogP contribution >= 0.6 is 0 Å². The van der Waals surface area contributed by atoms with Gasteiger partial charge in [0.1, 0.15) is 0 Å².